The molecule has 0 saturated heterocycles. The molecule has 0 spiro atoms. The van der Waals surface area contributed by atoms with Gasteiger partial charge in [0, 0.05) is 10.8 Å². The number of hydrogen-bond donors (Lipinski definition) is 0. The molecule has 0 amide bonds. The number of halogens is 1. The fraction of sp³-hybridized carbons (Fsp3) is 0.200. The molecule has 0 aromatic heterocycles. The van der Waals surface area contributed by atoms with Crippen LogP contribution in [0.3, 0.4) is 0 Å². The van der Waals surface area contributed by atoms with Crippen LogP contribution in [-0.2, 0) is 20.0 Å². The first-order chi connectivity index (χ1) is 12.5. The molecule has 6 heteroatoms. The zero-order valence-corrected chi connectivity index (χ0v) is 16.4. The minimum atomic E-state index is -0.434. The first-order valence-electron chi connectivity index (χ1n) is 7.88. The Labute approximate surface area is 162 Å². The summed E-state index contributed by atoms with van der Waals surface area (Å²) in [7, 11) is 2.86. The largest absolute Gasteiger partial charge is 0.503 e. The summed E-state index contributed by atoms with van der Waals surface area (Å²) in [5.74, 6) is 0.229. The van der Waals surface area contributed by atoms with Gasteiger partial charge in [-0.05, 0) is 42.3 Å². The number of benzene rings is 2. The molecule has 2 rings (SSSR count). The molecule has 2 aromatic carbocycles. The number of nitrogens with zero attached hydrogens (tertiary/aromatic N) is 1. The lowest BCUT2D eigenvalue weighted by Gasteiger charge is -2.11. The van der Waals surface area contributed by atoms with E-state index in [0.717, 1.165) is 21.9 Å². The van der Waals surface area contributed by atoms with Gasteiger partial charge in [0.1, 0.15) is 5.57 Å². The van der Waals surface area contributed by atoms with Gasteiger partial charge in [-0.1, -0.05) is 35.9 Å². The van der Waals surface area contributed by atoms with Crippen LogP contribution in [0.4, 0.5) is 5.69 Å². The number of thioether (sulfide) groups is 1. The monoisotopic (exact) mass is 389 g/mol. The molecule has 0 radical (unpaired) electrons. The SMILES string of the molecule is COC=C(C(=O)OC)c1ccccc1CSC(C)=Nc1ccc(Cl)cc1. The molecule has 0 atom stereocenters. The Morgan fingerprint density at radius 2 is 1.85 bits per heavy atom. The third kappa shape index (κ3) is 5.64. The average molecular weight is 390 g/mol. The van der Waals surface area contributed by atoms with E-state index in [1.54, 1.807) is 11.8 Å². The van der Waals surface area contributed by atoms with Crippen molar-refractivity contribution >= 4 is 45.6 Å². The van der Waals surface area contributed by atoms with Gasteiger partial charge in [-0.25, -0.2) is 9.79 Å². The molecule has 2 aromatic rings. The standard InChI is InChI=1S/C20H20ClNO3S/c1-14(22-17-10-8-16(21)9-11-17)26-13-15-6-4-5-7-18(15)19(12-24-2)20(23)25-3/h4-12H,13H2,1-3H3. The third-order valence-electron chi connectivity index (χ3n) is 3.50. The predicted octanol–water partition coefficient (Wildman–Crippen LogP) is 5.48. The van der Waals surface area contributed by atoms with Crippen LogP contribution in [0.1, 0.15) is 18.1 Å². The Morgan fingerprint density at radius 1 is 1.15 bits per heavy atom. The van der Waals surface area contributed by atoms with Crippen LogP contribution >= 0.6 is 23.4 Å². The lowest BCUT2D eigenvalue weighted by molar-refractivity contribution is -0.133. The van der Waals surface area contributed by atoms with Gasteiger partial charge in [0.2, 0.25) is 0 Å². The van der Waals surface area contributed by atoms with Gasteiger partial charge in [0.15, 0.2) is 0 Å². The van der Waals surface area contributed by atoms with Crippen LogP contribution in [0.5, 0.6) is 0 Å². The van der Waals surface area contributed by atoms with Crippen LogP contribution in [0.15, 0.2) is 59.8 Å². The Morgan fingerprint density at radius 3 is 2.50 bits per heavy atom. The molecule has 0 unspecified atom stereocenters. The van der Waals surface area contributed by atoms with Gasteiger partial charge in [0.25, 0.3) is 0 Å². The summed E-state index contributed by atoms with van der Waals surface area (Å²) in [6.45, 7) is 1.95. The van der Waals surface area contributed by atoms with E-state index in [1.165, 1.54) is 20.5 Å². The highest BCUT2D eigenvalue weighted by atomic mass is 35.5. The molecule has 0 bridgehead atoms. The van der Waals surface area contributed by atoms with Gasteiger partial charge in [-0.2, -0.15) is 0 Å². The van der Waals surface area contributed by atoms with Crippen LogP contribution < -0.4 is 0 Å². The first-order valence-corrected chi connectivity index (χ1v) is 9.24. The highest BCUT2D eigenvalue weighted by Crippen LogP contribution is 2.26. The maximum Gasteiger partial charge on any atom is 0.341 e. The normalized spacial score (nSPS) is 12.0. The van der Waals surface area contributed by atoms with E-state index in [2.05, 4.69) is 4.99 Å². The van der Waals surface area contributed by atoms with E-state index in [4.69, 9.17) is 21.1 Å². The lowest BCUT2D eigenvalue weighted by Crippen LogP contribution is -2.06. The summed E-state index contributed by atoms with van der Waals surface area (Å²) in [6, 6.07) is 15.0. The van der Waals surface area contributed by atoms with Crippen molar-refractivity contribution in [2.24, 2.45) is 4.99 Å². The number of carbonyl (C=O) groups excluding carboxylic acids is 1. The highest BCUT2D eigenvalue weighted by molar-refractivity contribution is 8.13. The molecule has 0 aliphatic carbocycles. The Kier molecular flexibility index (Phi) is 7.75. The van der Waals surface area contributed by atoms with Crippen molar-refractivity contribution < 1.29 is 14.3 Å². The number of rotatable bonds is 6. The van der Waals surface area contributed by atoms with Gasteiger partial charge in [-0.15, -0.1) is 11.8 Å². The molecule has 26 heavy (non-hydrogen) atoms. The quantitative estimate of drug-likeness (QED) is 0.216. The summed E-state index contributed by atoms with van der Waals surface area (Å²) >= 11 is 7.49. The zero-order valence-electron chi connectivity index (χ0n) is 14.9. The second-order valence-electron chi connectivity index (χ2n) is 5.31. The second-order valence-corrected chi connectivity index (χ2v) is 6.92. The molecule has 0 N–H and O–H groups in total. The topological polar surface area (TPSA) is 47.9 Å². The van der Waals surface area contributed by atoms with Crippen molar-refractivity contribution in [2.45, 2.75) is 12.7 Å². The van der Waals surface area contributed by atoms with Crippen LogP contribution in [0.25, 0.3) is 5.57 Å². The molecule has 0 aliphatic heterocycles. The van der Waals surface area contributed by atoms with Gasteiger partial charge < -0.3 is 9.47 Å². The Bertz CT molecular complexity index is 816. The van der Waals surface area contributed by atoms with E-state index in [1.807, 2.05) is 55.5 Å². The molecule has 0 heterocycles. The van der Waals surface area contributed by atoms with E-state index >= 15 is 0 Å². The first kappa shape index (κ1) is 20.1. The maximum atomic E-state index is 12.0. The Hall–Kier alpha value is -2.24. The van der Waals surface area contributed by atoms with Crippen molar-refractivity contribution in [3.05, 3.63) is 70.9 Å². The van der Waals surface area contributed by atoms with E-state index in [-0.39, 0.29) is 0 Å². The summed E-state index contributed by atoms with van der Waals surface area (Å²) < 4.78 is 9.91. The molecule has 4 nitrogen and oxygen atoms in total. The Balaban J connectivity index is 2.18. The summed E-state index contributed by atoms with van der Waals surface area (Å²) in [5, 5.41) is 1.60. The van der Waals surface area contributed by atoms with E-state index < -0.39 is 5.97 Å². The number of ether oxygens (including phenoxy) is 2. The summed E-state index contributed by atoms with van der Waals surface area (Å²) in [6.07, 6.45) is 1.41. The van der Waals surface area contributed by atoms with Crippen LogP contribution in [0.2, 0.25) is 5.02 Å². The van der Waals surface area contributed by atoms with Gasteiger partial charge in [-0.3, -0.25) is 0 Å². The number of carbonyl (C=O) groups is 1. The highest BCUT2D eigenvalue weighted by Gasteiger charge is 2.16. The maximum absolute atomic E-state index is 12.0. The van der Waals surface area contributed by atoms with Crippen molar-refractivity contribution in [1.29, 1.82) is 0 Å². The molecule has 0 aliphatic rings. The second kappa shape index (κ2) is 10.0. The van der Waals surface area contributed by atoms with Crippen molar-refractivity contribution in [2.75, 3.05) is 14.2 Å². The van der Waals surface area contributed by atoms with E-state index in [0.29, 0.717) is 16.3 Å². The number of methoxy groups -OCH3 is 2. The number of esters is 1. The lowest BCUT2D eigenvalue weighted by atomic mass is 10.0. The smallest absolute Gasteiger partial charge is 0.341 e. The number of aliphatic imine (C=N–C) groups is 1. The number of hydrogen-bond acceptors (Lipinski definition) is 5. The summed E-state index contributed by atoms with van der Waals surface area (Å²) in [4.78, 5) is 16.6. The van der Waals surface area contributed by atoms with E-state index in [9.17, 15) is 4.79 Å². The molecular weight excluding hydrogens is 370 g/mol. The van der Waals surface area contributed by atoms with Gasteiger partial charge in [0.05, 0.1) is 31.2 Å². The predicted molar refractivity (Wildman–Crippen MR) is 109 cm³/mol. The fourth-order valence-electron chi connectivity index (χ4n) is 2.27. The van der Waals surface area contributed by atoms with Crippen molar-refractivity contribution in [3.8, 4) is 0 Å². The summed E-state index contributed by atoms with van der Waals surface area (Å²) in [5.41, 5.74) is 3.02. The minimum Gasteiger partial charge on any atom is -0.503 e. The molecular formula is C20H20ClNO3S. The minimum absolute atomic E-state index is 0.387. The molecule has 0 fully saturated rings. The molecule has 0 saturated carbocycles. The van der Waals surface area contributed by atoms with Crippen LogP contribution in [-0.4, -0.2) is 25.2 Å². The third-order valence-corrected chi connectivity index (χ3v) is 4.71. The molecule has 136 valence electrons. The zero-order chi connectivity index (χ0) is 18.9. The average Bonchev–Trinajstić information content (AvgIpc) is 2.66. The van der Waals surface area contributed by atoms with Gasteiger partial charge >= 0.3 is 5.97 Å². The van der Waals surface area contributed by atoms with Crippen LogP contribution in [0, 0.1) is 0 Å². The fourth-order valence-corrected chi connectivity index (χ4v) is 3.18. The van der Waals surface area contributed by atoms with Crippen molar-refractivity contribution in [1.82, 2.24) is 0 Å². The van der Waals surface area contributed by atoms with Crippen molar-refractivity contribution in [3.63, 3.8) is 0 Å².